The van der Waals surface area contributed by atoms with Crippen molar-refractivity contribution in [3.8, 4) is 0 Å². The lowest BCUT2D eigenvalue weighted by Gasteiger charge is -2.08. The average molecular weight is 323 g/mol. The van der Waals surface area contributed by atoms with Crippen molar-refractivity contribution in [3.05, 3.63) is 64.2 Å². The van der Waals surface area contributed by atoms with E-state index in [9.17, 15) is 8.42 Å². The number of halogens is 1. The zero-order valence-corrected chi connectivity index (χ0v) is 12.8. The summed E-state index contributed by atoms with van der Waals surface area (Å²) in [6.45, 7) is 1.98. The second-order valence-corrected chi connectivity index (χ2v) is 7.19. The van der Waals surface area contributed by atoms with Crippen LogP contribution in [0.25, 0.3) is 0 Å². The lowest BCUT2D eigenvalue weighted by molar-refractivity contribution is 0.581. The molecular formula is C15H15ClN2O2S. The van der Waals surface area contributed by atoms with Gasteiger partial charge >= 0.3 is 0 Å². The molecule has 2 N–H and O–H groups in total. The summed E-state index contributed by atoms with van der Waals surface area (Å²) in [5.41, 5.74) is 3.45. The predicted octanol–water partition coefficient (Wildman–Crippen LogP) is 2.42. The topological polar surface area (TPSA) is 58.2 Å². The van der Waals surface area contributed by atoms with Crippen LogP contribution >= 0.6 is 11.6 Å². The molecule has 1 heterocycles. The number of rotatable bonds is 4. The normalized spacial score (nSPS) is 14.1. The number of hydrogen-bond acceptors (Lipinski definition) is 3. The van der Waals surface area contributed by atoms with Crippen LogP contribution in [0, 0.1) is 0 Å². The van der Waals surface area contributed by atoms with Crippen molar-refractivity contribution in [1.29, 1.82) is 0 Å². The molecule has 0 bridgehead atoms. The van der Waals surface area contributed by atoms with Crippen LogP contribution in [0.5, 0.6) is 0 Å². The molecule has 2 aromatic rings. The summed E-state index contributed by atoms with van der Waals surface area (Å²) < 4.78 is 27.0. The highest BCUT2D eigenvalue weighted by atomic mass is 35.5. The maximum atomic E-state index is 12.2. The van der Waals surface area contributed by atoms with Gasteiger partial charge in [0.1, 0.15) is 0 Å². The van der Waals surface area contributed by atoms with Crippen molar-refractivity contribution < 1.29 is 8.42 Å². The smallest absolute Gasteiger partial charge is 0.240 e. The Labute approximate surface area is 129 Å². The van der Waals surface area contributed by atoms with Crippen molar-refractivity contribution in [3.63, 3.8) is 0 Å². The van der Waals surface area contributed by atoms with Crippen LogP contribution < -0.4 is 10.0 Å². The molecule has 0 saturated carbocycles. The van der Waals surface area contributed by atoms with Crippen LogP contribution in [0.2, 0.25) is 5.02 Å². The van der Waals surface area contributed by atoms with Crippen molar-refractivity contribution in [2.24, 2.45) is 0 Å². The Balaban J connectivity index is 1.75. The lowest BCUT2D eigenvalue weighted by atomic mass is 10.1. The Bertz CT molecular complexity index is 775. The Hall–Kier alpha value is -1.40. The number of sulfonamides is 1. The molecule has 0 aromatic heterocycles. The minimum atomic E-state index is -3.55. The van der Waals surface area contributed by atoms with E-state index in [1.807, 2.05) is 18.2 Å². The fraction of sp³-hybridized carbons (Fsp3) is 0.200. The number of fused-ring (bicyclic) bond motifs is 1. The van der Waals surface area contributed by atoms with E-state index in [1.54, 1.807) is 12.1 Å². The molecule has 1 aliphatic rings. The maximum Gasteiger partial charge on any atom is 0.240 e. The van der Waals surface area contributed by atoms with E-state index in [1.165, 1.54) is 23.3 Å². The van der Waals surface area contributed by atoms with Gasteiger partial charge in [-0.25, -0.2) is 13.1 Å². The zero-order valence-electron chi connectivity index (χ0n) is 11.3. The van der Waals surface area contributed by atoms with Gasteiger partial charge in [-0.2, -0.15) is 0 Å². The molecule has 0 fully saturated rings. The molecule has 0 amide bonds. The van der Waals surface area contributed by atoms with Crippen LogP contribution in [0.15, 0.2) is 47.4 Å². The molecule has 0 radical (unpaired) electrons. The third-order valence-electron chi connectivity index (χ3n) is 3.47. The zero-order chi connectivity index (χ0) is 14.9. The third kappa shape index (κ3) is 3.27. The summed E-state index contributed by atoms with van der Waals surface area (Å²) in [4.78, 5) is 0.179. The van der Waals surface area contributed by atoms with Gasteiger partial charge in [0.25, 0.3) is 0 Å². The summed E-state index contributed by atoms with van der Waals surface area (Å²) in [7, 11) is -3.55. The Morgan fingerprint density at radius 1 is 1.10 bits per heavy atom. The standard InChI is InChI=1S/C15H15ClN2O2S/c16-14-2-1-3-15(7-14)21(19,20)18-8-11-4-5-12-9-17-10-13(12)6-11/h1-7,17-18H,8-10H2. The highest BCUT2D eigenvalue weighted by molar-refractivity contribution is 7.89. The molecule has 110 valence electrons. The summed E-state index contributed by atoms with van der Waals surface area (Å²) in [6, 6.07) is 12.3. The molecule has 0 aliphatic carbocycles. The molecule has 1 aliphatic heterocycles. The molecule has 21 heavy (non-hydrogen) atoms. The van der Waals surface area contributed by atoms with Gasteiger partial charge in [0.15, 0.2) is 0 Å². The first-order chi connectivity index (χ1) is 10.0. The first-order valence-corrected chi connectivity index (χ1v) is 8.47. The molecule has 0 atom stereocenters. The van der Waals surface area contributed by atoms with Crippen LogP contribution in [0.4, 0.5) is 0 Å². The fourth-order valence-corrected chi connectivity index (χ4v) is 3.67. The van der Waals surface area contributed by atoms with E-state index < -0.39 is 10.0 Å². The van der Waals surface area contributed by atoms with Crippen molar-refractivity contribution >= 4 is 21.6 Å². The van der Waals surface area contributed by atoms with Crippen LogP contribution in [-0.4, -0.2) is 8.42 Å². The van der Waals surface area contributed by atoms with Crippen molar-refractivity contribution in [2.45, 2.75) is 24.5 Å². The van der Waals surface area contributed by atoms with E-state index in [0.29, 0.717) is 5.02 Å². The molecule has 6 heteroatoms. The van der Waals surface area contributed by atoms with E-state index in [-0.39, 0.29) is 11.4 Å². The summed E-state index contributed by atoms with van der Waals surface area (Å²) in [6.07, 6.45) is 0. The van der Waals surface area contributed by atoms with Gasteiger partial charge < -0.3 is 5.32 Å². The highest BCUT2D eigenvalue weighted by Crippen LogP contribution is 2.18. The second kappa shape index (κ2) is 5.77. The van der Waals surface area contributed by atoms with Crippen LogP contribution in [-0.2, 0) is 29.7 Å². The van der Waals surface area contributed by atoms with E-state index in [4.69, 9.17) is 11.6 Å². The molecule has 4 nitrogen and oxygen atoms in total. The summed E-state index contributed by atoms with van der Waals surface area (Å²) in [5.74, 6) is 0. The van der Waals surface area contributed by atoms with Crippen molar-refractivity contribution in [2.75, 3.05) is 0 Å². The Morgan fingerprint density at radius 2 is 1.90 bits per heavy atom. The van der Waals surface area contributed by atoms with Crippen LogP contribution in [0.1, 0.15) is 16.7 Å². The molecule has 0 unspecified atom stereocenters. The van der Waals surface area contributed by atoms with E-state index in [0.717, 1.165) is 18.7 Å². The molecule has 2 aromatic carbocycles. The fourth-order valence-electron chi connectivity index (χ4n) is 2.35. The summed E-state index contributed by atoms with van der Waals surface area (Å²) in [5, 5.41) is 3.67. The monoisotopic (exact) mass is 322 g/mol. The number of benzene rings is 2. The van der Waals surface area contributed by atoms with Crippen LogP contribution in [0.3, 0.4) is 0 Å². The Kier molecular flexibility index (Phi) is 3.99. The second-order valence-electron chi connectivity index (χ2n) is 4.99. The summed E-state index contributed by atoms with van der Waals surface area (Å²) >= 11 is 5.83. The molecule has 0 saturated heterocycles. The number of nitrogens with one attached hydrogen (secondary N) is 2. The maximum absolute atomic E-state index is 12.2. The van der Waals surface area contributed by atoms with Gasteiger partial charge in [-0.15, -0.1) is 0 Å². The largest absolute Gasteiger partial charge is 0.309 e. The third-order valence-corrected chi connectivity index (χ3v) is 5.11. The minimum absolute atomic E-state index is 0.179. The van der Waals surface area contributed by atoms with Crippen molar-refractivity contribution in [1.82, 2.24) is 10.0 Å². The van der Waals surface area contributed by atoms with E-state index >= 15 is 0 Å². The highest BCUT2D eigenvalue weighted by Gasteiger charge is 2.15. The van der Waals surface area contributed by atoms with Gasteiger partial charge in [-0.3, -0.25) is 0 Å². The molecule has 3 rings (SSSR count). The SMILES string of the molecule is O=S(=O)(NCc1ccc2c(c1)CNC2)c1cccc(Cl)c1. The van der Waals surface area contributed by atoms with Gasteiger partial charge in [-0.05, 0) is 34.9 Å². The van der Waals surface area contributed by atoms with Gasteiger partial charge in [0.2, 0.25) is 10.0 Å². The quantitative estimate of drug-likeness (QED) is 0.909. The first kappa shape index (κ1) is 14.5. The molecular weight excluding hydrogens is 308 g/mol. The average Bonchev–Trinajstić information content (AvgIpc) is 2.93. The minimum Gasteiger partial charge on any atom is -0.309 e. The predicted molar refractivity (Wildman–Crippen MR) is 82.5 cm³/mol. The first-order valence-electron chi connectivity index (χ1n) is 6.61. The van der Waals surface area contributed by atoms with Gasteiger partial charge in [0, 0.05) is 24.7 Å². The molecule has 0 spiro atoms. The number of hydrogen-bond donors (Lipinski definition) is 2. The Morgan fingerprint density at radius 3 is 2.71 bits per heavy atom. The van der Waals surface area contributed by atoms with E-state index in [2.05, 4.69) is 10.0 Å². The lowest BCUT2D eigenvalue weighted by Crippen LogP contribution is -2.23. The van der Waals surface area contributed by atoms with Gasteiger partial charge in [-0.1, -0.05) is 35.9 Å². The van der Waals surface area contributed by atoms with Gasteiger partial charge in [0.05, 0.1) is 4.90 Å².